The molecule has 0 unspecified atom stereocenters. The number of nitrogens with one attached hydrogen (secondary N) is 2. The molecular weight excluding hydrogens is 318 g/mol. The summed E-state index contributed by atoms with van der Waals surface area (Å²) in [7, 11) is 0. The molecule has 0 bridgehead atoms. The molecule has 4 rings (SSSR count). The molecule has 1 aliphatic carbocycles. The zero-order valence-electron chi connectivity index (χ0n) is 10.9. The molecule has 0 radical (unpaired) electrons. The van der Waals surface area contributed by atoms with Crippen LogP contribution < -0.4 is 10.9 Å². The Morgan fingerprint density at radius 1 is 1.15 bits per heavy atom. The van der Waals surface area contributed by atoms with E-state index in [0.29, 0.717) is 5.39 Å². The number of hydrogen-bond acceptors (Lipinski definition) is 3. The molecule has 5 heteroatoms. The maximum Gasteiger partial charge on any atom is 0.272 e. The normalized spacial score (nSPS) is 17.6. The van der Waals surface area contributed by atoms with E-state index in [4.69, 9.17) is 0 Å². The molecule has 2 aliphatic rings. The Labute approximate surface area is 124 Å². The minimum Gasteiger partial charge on any atom is -0.357 e. The number of allylic oxidation sites excluding steroid dienone is 2. The summed E-state index contributed by atoms with van der Waals surface area (Å²) in [5, 5.41) is 12.2. The molecule has 2 aromatic rings. The first-order valence-electron chi connectivity index (χ1n) is 6.96. The van der Waals surface area contributed by atoms with Crippen LogP contribution in [0.15, 0.2) is 27.1 Å². The van der Waals surface area contributed by atoms with Crippen LogP contribution in [-0.2, 0) is 0 Å². The van der Waals surface area contributed by atoms with Gasteiger partial charge in [-0.25, -0.2) is 5.10 Å². The lowest BCUT2D eigenvalue weighted by Gasteiger charge is -2.24. The highest BCUT2D eigenvalue weighted by Gasteiger charge is 2.25. The number of anilines is 1. The van der Waals surface area contributed by atoms with E-state index in [0.717, 1.165) is 34.1 Å². The second-order valence-corrected chi connectivity index (χ2v) is 6.24. The van der Waals surface area contributed by atoms with Crippen molar-refractivity contribution in [3.8, 4) is 0 Å². The van der Waals surface area contributed by atoms with Crippen LogP contribution in [0.4, 0.5) is 5.69 Å². The third-order valence-corrected chi connectivity index (χ3v) is 4.85. The lowest BCUT2D eigenvalue weighted by atomic mass is 9.95. The van der Waals surface area contributed by atoms with E-state index in [-0.39, 0.29) is 5.56 Å². The SMILES string of the molecule is O=c1[nH]nc2c3c(c(Br)ccc13)NC1=C2CCCCC1. The molecule has 0 amide bonds. The van der Waals surface area contributed by atoms with Crippen molar-refractivity contribution >= 4 is 38.0 Å². The molecule has 0 saturated carbocycles. The first-order valence-corrected chi connectivity index (χ1v) is 7.75. The van der Waals surface area contributed by atoms with Crippen molar-refractivity contribution in [1.82, 2.24) is 10.2 Å². The summed E-state index contributed by atoms with van der Waals surface area (Å²) in [6.45, 7) is 0. The van der Waals surface area contributed by atoms with Gasteiger partial charge in [-0.2, -0.15) is 5.10 Å². The number of benzene rings is 1. The first kappa shape index (κ1) is 12.1. The van der Waals surface area contributed by atoms with Crippen LogP contribution in [0.5, 0.6) is 0 Å². The predicted molar refractivity (Wildman–Crippen MR) is 83.7 cm³/mol. The van der Waals surface area contributed by atoms with Crippen molar-refractivity contribution in [2.24, 2.45) is 0 Å². The Kier molecular flexibility index (Phi) is 2.70. The largest absolute Gasteiger partial charge is 0.357 e. The summed E-state index contributed by atoms with van der Waals surface area (Å²) in [6, 6.07) is 3.78. The second kappa shape index (κ2) is 4.45. The highest BCUT2D eigenvalue weighted by molar-refractivity contribution is 9.10. The van der Waals surface area contributed by atoms with E-state index < -0.39 is 0 Å². The Hall–Kier alpha value is -1.62. The van der Waals surface area contributed by atoms with Crippen LogP contribution in [0.2, 0.25) is 0 Å². The smallest absolute Gasteiger partial charge is 0.272 e. The van der Waals surface area contributed by atoms with Crippen LogP contribution in [0, 0.1) is 0 Å². The third-order valence-electron chi connectivity index (χ3n) is 4.18. The molecule has 1 aromatic carbocycles. The number of aromatic nitrogens is 2. The molecule has 4 nitrogen and oxygen atoms in total. The van der Waals surface area contributed by atoms with Gasteiger partial charge < -0.3 is 5.32 Å². The van der Waals surface area contributed by atoms with Crippen LogP contribution in [-0.4, -0.2) is 10.2 Å². The molecule has 0 atom stereocenters. The Bertz CT molecular complexity index is 807. The predicted octanol–water partition coefficient (Wildman–Crippen LogP) is 3.79. The molecule has 0 saturated heterocycles. The Balaban J connectivity index is 2.10. The summed E-state index contributed by atoms with van der Waals surface area (Å²) in [5.74, 6) is 0. The number of nitrogens with zero attached hydrogens (tertiary/aromatic N) is 1. The number of fused-ring (bicyclic) bond motifs is 1. The van der Waals surface area contributed by atoms with Gasteiger partial charge in [0.1, 0.15) is 0 Å². The lowest BCUT2D eigenvalue weighted by Crippen LogP contribution is -2.17. The van der Waals surface area contributed by atoms with Gasteiger partial charge in [0.2, 0.25) is 0 Å². The van der Waals surface area contributed by atoms with E-state index >= 15 is 0 Å². The highest BCUT2D eigenvalue weighted by Crippen LogP contribution is 2.43. The zero-order valence-corrected chi connectivity index (χ0v) is 12.5. The summed E-state index contributed by atoms with van der Waals surface area (Å²) in [4.78, 5) is 12.0. The molecule has 1 aliphatic heterocycles. The molecule has 2 heterocycles. The maximum absolute atomic E-state index is 12.0. The van der Waals surface area contributed by atoms with Gasteiger partial charge >= 0.3 is 0 Å². The van der Waals surface area contributed by atoms with Gasteiger partial charge in [0, 0.05) is 15.6 Å². The monoisotopic (exact) mass is 331 g/mol. The topological polar surface area (TPSA) is 57.8 Å². The van der Waals surface area contributed by atoms with Crippen molar-refractivity contribution in [2.75, 3.05) is 5.32 Å². The van der Waals surface area contributed by atoms with Gasteiger partial charge in [0.25, 0.3) is 5.56 Å². The zero-order chi connectivity index (χ0) is 13.7. The molecule has 0 fully saturated rings. The van der Waals surface area contributed by atoms with Gasteiger partial charge in [-0.15, -0.1) is 0 Å². The maximum atomic E-state index is 12.0. The Morgan fingerprint density at radius 3 is 2.90 bits per heavy atom. The molecular formula is C15H14BrN3O. The van der Waals surface area contributed by atoms with Crippen molar-refractivity contribution in [3.05, 3.63) is 38.4 Å². The molecule has 1 aromatic heterocycles. The number of H-pyrrole nitrogens is 1. The minimum absolute atomic E-state index is 0.128. The fourth-order valence-electron chi connectivity index (χ4n) is 3.21. The van der Waals surface area contributed by atoms with Crippen LogP contribution in [0.3, 0.4) is 0 Å². The number of hydrogen-bond donors (Lipinski definition) is 2. The average molecular weight is 332 g/mol. The molecule has 102 valence electrons. The van der Waals surface area contributed by atoms with Gasteiger partial charge in [-0.05, 0) is 59.3 Å². The standard InChI is InChI=1S/C15H14BrN3O/c16-10-7-6-9-12-13(18-19-15(9)20)8-4-2-1-3-5-11(8)17-14(10)12/h6-7,17H,1-5H2,(H,19,20). The minimum atomic E-state index is -0.128. The second-order valence-electron chi connectivity index (χ2n) is 5.39. The van der Waals surface area contributed by atoms with Gasteiger partial charge in [-0.3, -0.25) is 4.79 Å². The third kappa shape index (κ3) is 1.66. The first-order chi connectivity index (χ1) is 9.75. The van der Waals surface area contributed by atoms with Crippen molar-refractivity contribution in [2.45, 2.75) is 32.1 Å². The van der Waals surface area contributed by atoms with E-state index in [2.05, 4.69) is 31.4 Å². The summed E-state index contributed by atoms with van der Waals surface area (Å²) < 4.78 is 0.981. The summed E-state index contributed by atoms with van der Waals surface area (Å²) in [6.07, 6.45) is 5.73. The van der Waals surface area contributed by atoms with E-state index in [1.54, 1.807) is 0 Å². The quantitative estimate of drug-likeness (QED) is 0.772. The number of halogens is 1. The average Bonchev–Trinajstić information content (AvgIpc) is 2.69. The highest BCUT2D eigenvalue weighted by atomic mass is 79.9. The van der Waals surface area contributed by atoms with E-state index in [1.807, 2.05) is 12.1 Å². The summed E-state index contributed by atoms with van der Waals surface area (Å²) in [5.41, 5.74) is 4.34. The molecule has 2 N–H and O–H groups in total. The van der Waals surface area contributed by atoms with Crippen LogP contribution >= 0.6 is 15.9 Å². The lowest BCUT2D eigenvalue weighted by molar-refractivity contribution is 0.713. The molecule has 0 spiro atoms. The van der Waals surface area contributed by atoms with Crippen molar-refractivity contribution < 1.29 is 0 Å². The Morgan fingerprint density at radius 2 is 2.00 bits per heavy atom. The molecule has 20 heavy (non-hydrogen) atoms. The van der Waals surface area contributed by atoms with E-state index in [1.165, 1.54) is 30.5 Å². The number of rotatable bonds is 0. The van der Waals surface area contributed by atoms with Crippen molar-refractivity contribution in [1.29, 1.82) is 0 Å². The van der Waals surface area contributed by atoms with Crippen LogP contribution in [0.25, 0.3) is 16.3 Å². The van der Waals surface area contributed by atoms with Crippen LogP contribution in [0.1, 0.15) is 37.8 Å². The van der Waals surface area contributed by atoms with Crippen molar-refractivity contribution in [3.63, 3.8) is 0 Å². The van der Waals surface area contributed by atoms with Gasteiger partial charge in [-0.1, -0.05) is 6.42 Å². The fourth-order valence-corrected chi connectivity index (χ4v) is 3.64. The van der Waals surface area contributed by atoms with E-state index in [9.17, 15) is 4.79 Å². The van der Waals surface area contributed by atoms with Gasteiger partial charge in [0.15, 0.2) is 0 Å². The summed E-state index contributed by atoms with van der Waals surface area (Å²) >= 11 is 3.58. The van der Waals surface area contributed by atoms with Gasteiger partial charge in [0.05, 0.1) is 16.8 Å². The number of aromatic amines is 1. The fraction of sp³-hybridized carbons (Fsp3) is 0.333.